The number of carbonyl (C=O) groups excluding carboxylic acids is 2. The van der Waals surface area contributed by atoms with Crippen molar-refractivity contribution < 1.29 is 14.3 Å². The fourth-order valence-corrected chi connectivity index (χ4v) is 3.02. The third-order valence-corrected chi connectivity index (χ3v) is 4.37. The Morgan fingerprint density at radius 2 is 1.68 bits per heavy atom. The van der Waals surface area contributed by atoms with E-state index in [0.29, 0.717) is 22.6 Å². The number of carbonyl (C=O) groups is 2. The van der Waals surface area contributed by atoms with Crippen LogP contribution in [0.3, 0.4) is 0 Å². The number of para-hydroxylation sites is 2. The molecule has 2 aromatic carbocycles. The molecule has 25 heavy (non-hydrogen) atoms. The third kappa shape index (κ3) is 3.99. The summed E-state index contributed by atoms with van der Waals surface area (Å²) in [6.45, 7) is 1.58. The van der Waals surface area contributed by atoms with E-state index in [0.717, 1.165) is 25.9 Å². The number of likely N-dealkylation sites (tertiary alicyclic amines) is 1. The maximum atomic E-state index is 12.6. The highest BCUT2D eigenvalue weighted by Crippen LogP contribution is 2.24. The lowest BCUT2D eigenvalue weighted by Gasteiger charge is -2.26. The van der Waals surface area contributed by atoms with Gasteiger partial charge in [-0.05, 0) is 49.6 Å². The number of ether oxygens (including phenoxy) is 1. The molecule has 130 valence electrons. The van der Waals surface area contributed by atoms with E-state index in [-0.39, 0.29) is 11.8 Å². The maximum Gasteiger partial charge on any atom is 0.255 e. The van der Waals surface area contributed by atoms with Crippen molar-refractivity contribution in [1.29, 1.82) is 0 Å². The lowest BCUT2D eigenvalue weighted by molar-refractivity contribution is 0.0724. The second-order valence-corrected chi connectivity index (χ2v) is 6.09. The van der Waals surface area contributed by atoms with Crippen LogP contribution >= 0.6 is 0 Å². The SMILES string of the molecule is COc1ccccc1NC(=O)c1cccc(C(=O)N2CCCCC2)c1. The van der Waals surface area contributed by atoms with Crippen molar-refractivity contribution in [2.24, 2.45) is 0 Å². The molecule has 1 N–H and O–H groups in total. The standard InChI is InChI=1S/C20H22N2O3/c1-25-18-11-4-3-10-17(18)21-19(23)15-8-7-9-16(14-15)20(24)22-12-5-2-6-13-22/h3-4,7-11,14H,2,5-6,12-13H2,1H3,(H,21,23). The van der Waals surface area contributed by atoms with Gasteiger partial charge in [-0.3, -0.25) is 9.59 Å². The van der Waals surface area contributed by atoms with Crippen LogP contribution in [0.2, 0.25) is 0 Å². The topological polar surface area (TPSA) is 58.6 Å². The molecule has 2 amide bonds. The number of nitrogens with one attached hydrogen (secondary N) is 1. The average Bonchev–Trinajstić information content (AvgIpc) is 2.68. The van der Waals surface area contributed by atoms with Crippen molar-refractivity contribution in [3.8, 4) is 5.75 Å². The molecular weight excluding hydrogens is 316 g/mol. The zero-order valence-corrected chi connectivity index (χ0v) is 14.3. The van der Waals surface area contributed by atoms with E-state index in [2.05, 4.69) is 5.32 Å². The molecule has 1 fully saturated rings. The zero-order chi connectivity index (χ0) is 17.6. The Morgan fingerprint density at radius 1 is 0.960 bits per heavy atom. The molecule has 2 aromatic rings. The van der Waals surface area contributed by atoms with Crippen molar-refractivity contribution in [2.45, 2.75) is 19.3 Å². The molecule has 1 aliphatic heterocycles. The van der Waals surface area contributed by atoms with E-state index in [1.165, 1.54) is 6.42 Å². The van der Waals surface area contributed by atoms with Crippen molar-refractivity contribution >= 4 is 17.5 Å². The minimum atomic E-state index is -0.266. The summed E-state index contributed by atoms with van der Waals surface area (Å²) in [5.41, 5.74) is 1.60. The van der Waals surface area contributed by atoms with Crippen LogP contribution in [-0.2, 0) is 0 Å². The number of hydrogen-bond acceptors (Lipinski definition) is 3. The number of hydrogen-bond donors (Lipinski definition) is 1. The second kappa shape index (κ2) is 7.83. The highest BCUT2D eigenvalue weighted by molar-refractivity contribution is 6.06. The molecular formula is C20H22N2O3. The Balaban J connectivity index is 1.76. The molecule has 0 atom stereocenters. The molecule has 0 spiro atoms. The number of benzene rings is 2. The van der Waals surface area contributed by atoms with Crippen LogP contribution in [-0.4, -0.2) is 36.9 Å². The van der Waals surface area contributed by atoms with Gasteiger partial charge in [0.2, 0.25) is 0 Å². The lowest BCUT2D eigenvalue weighted by atomic mass is 10.1. The molecule has 0 radical (unpaired) electrons. The van der Waals surface area contributed by atoms with Gasteiger partial charge in [0, 0.05) is 24.2 Å². The average molecular weight is 338 g/mol. The van der Waals surface area contributed by atoms with E-state index in [4.69, 9.17) is 4.74 Å². The van der Waals surface area contributed by atoms with Gasteiger partial charge in [0.15, 0.2) is 0 Å². The Kier molecular flexibility index (Phi) is 5.33. The monoisotopic (exact) mass is 338 g/mol. The summed E-state index contributed by atoms with van der Waals surface area (Å²) in [7, 11) is 1.56. The van der Waals surface area contributed by atoms with Crippen LogP contribution in [0.25, 0.3) is 0 Å². The third-order valence-electron chi connectivity index (χ3n) is 4.37. The molecule has 1 saturated heterocycles. The Hall–Kier alpha value is -2.82. The van der Waals surface area contributed by atoms with Crippen molar-refractivity contribution in [1.82, 2.24) is 4.90 Å². The van der Waals surface area contributed by atoms with Crippen LogP contribution in [0.5, 0.6) is 5.75 Å². The highest BCUT2D eigenvalue weighted by atomic mass is 16.5. The maximum absolute atomic E-state index is 12.6. The molecule has 5 heteroatoms. The predicted octanol–water partition coefficient (Wildman–Crippen LogP) is 3.57. The number of anilines is 1. The predicted molar refractivity (Wildman–Crippen MR) is 97.1 cm³/mol. The van der Waals surface area contributed by atoms with Gasteiger partial charge >= 0.3 is 0 Å². The van der Waals surface area contributed by atoms with Gasteiger partial charge in [0.25, 0.3) is 11.8 Å². The van der Waals surface area contributed by atoms with Crippen LogP contribution in [0.4, 0.5) is 5.69 Å². The first-order valence-electron chi connectivity index (χ1n) is 8.53. The minimum absolute atomic E-state index is 0.00774. The largest absolute Gasteiger partial charge is 0.495 e. The van der Waals surface area contributed by atoms with Crippen molar-refractivity contribution in [2.75, 3.05) is 25.5 Å². The molecule has 1 heterocycles. The van der Waals surface area contributed by atoms with E-state index in [1.54, 1.807) is 43.5 Å². The summed E-state index contributed by atoms with van der Waals surface area (Å²) in [4.78, 5) is 27.0. The van der Waals surface area contributed by atoms with Crippen molar-refractivity contribution in [3.63, 3.8) is 0 Å². The molecule has 0 saturated carbocycles. The number of nitrogens with zero attached hydrogens (tertiary/aromatic N) is 1. The summed E-state index contributed by atoms with van der Waals surface area (Å²) in [6.07, 6.45) is 3.25. The first-order chi connectivity index (χ1) is 12.2. The fraction of sp³-hybridized carbons (Fsp3) is 0.300. The van der Waals surface area contributed by atoms with Crippen molar-refractivity contribution in [3.05, 3.63) is 59.7 Å². The molecule has 0 bridgehead atoms. The van der Waals surface area contributed by atoms with Crippen LogP contribution in [0, 0.1) is 0 Å². The highest BCUT2D eigenvalue weighted by Gasteiger charge is 2.19. The quantitative estimate of drug-likeness (QED) is 0.927. The van der Waals surface area contributed by atoms with Gasteiger partial charge in [0.1, 0.15) is 5.75 Å². The Labute approximate surface area is 147 Å². The van der Waals surface area contributed by atoms with E-state index in [1.807, 2.05) is 17.0 Å². The minimum Gasteiger partial charge on any atom is -0.495 e. The van der Waals surface area contributed by atoms with Gasteiger partial charge in [-0.25, -0.2) is 0 Å². The number of piperidine rings is 1. The Bertz CT molecular complexity index is 767. The van der Waals surface area contributed by atoms with Gasteiger partial charge in [-0.15, -0.1) is 0 Å². The van der Waals surface area contributed by atoms with Crippen LogP contribution in [0.1, 0.15) is 40.0 Å². The van der Waals surface area contributed by atoms with Crippen LogP contribution in [0.15, 0.2) is 48.5 Å². The summed E-state index contributed by atoms with van der Waals surface area (Å²) in [5.74, 6) is 0.320. The van der Waals surface area contributed by atoms with Gasteiger partial charge in [-0.2, -0.15) is 0 Å². The molecule has 1 aliphatic rings. The molecule has 3 rings (SSSR count). The first-order valence-corrected chi connectivity index (χ1v) is 8.53. The smallest absolute Gasteiger partial charge is 0.255 e. The molecule has 5 nitrogen and oxygen atoms in total. The zero-order valence-electron chi connectivity index (χ0n) is 14.3. The van der Waals surface area contributed by atoms with Gasteiger partial charge in [-0.1, -0.05) is 18.2 Å². The second-order valence-electron chi connectivity index (χ2n) is 6.09. The Morgan fingerprint density at radius 3 is 2.44 bits per heavy atom. The summed E-state index contributed by atoms with van der Waals surface area (Å²) in [6, 6.07) is 14.1. The normalized spacial score (nSPS) is 14.0. The van der Waals surface area contributed by atoms with Crippen LogP contribution < -0.4 is 10.1 Å². The molecule has 0 unspecified atom stereocenters. The number of methoxy groups -OCH3 is 1. The lowest BCUT2D eigenvalue weighted by Crippen LogP contribution is -2.35. The molecule has 0 aliphatic carbocycles. The number of amides is 2. The summed E-state index contributed by atoms with van der Waals surface area (Å²) < 4.78 is 5.25. The van der Waals surface area contributed by atoms with E-state index in [9.17, 15) is 9.59 Å². The van der Waals surface area contributed by atoms with E-state index >= 15 is 0 Å². The first kappa shape index (κ1) is 17.0. The molecule has 0 aromatic heterocycles. The van der Waals surface area contributed by atoms with Gasteiger partial charge < -0.3 is 15.0 Å². The fourth-order valence-electron chi connectivity index (χ4n) is 3.02. The van der Waals surface area contributed by atoms with E-state index < -0.39 is 0 Å². The number of rotatable bonds is 4. The summed E-state index contributed by atoms with van der Waals surface area (Å²) >= 11 is 0. The van der Waals surface area contributed by atoms with Gasteiger partial charge in [0.05, 0.1) is 12.8 Å². The summed E-state index contributed by atoms with van der Waals surface area (Å²) in [5, 5.41) is 2.83.